The summed E-state index contributed by atoms with van der Waals surface area (Å²) in [5.74, 6) is -0.396. The summed E-state index contributed by atoms with van der Waals surface area (Å²) in [6.45, 7) is 0.0816. The fourth-order valence-electron chi connectivity index (χ4n) is 1.52. The largest absolute Gasteiger partial charge is 0.308 e. The Bertz CT molecular complexity index is 657. The van der Waals surface area contributed by atoms with Crippen molar-refractivity contribution in [1.29, 1.82) is 0 Å². The molecule has 0 spiro atoms. The number of rotatable bonds is 2. The summed E-state index contributed by atoms with van der Waals surface area (Å²) in [4.78, 5) is 11.7. The Labute approximate surface area is 121 Å². The molecule has 0 saturated carbocycles. The first-order valence-electron chi connectivity index (χ1n) is 4.97. The summed E-state index contributed by atoms with van der Waals surface area (Å²) in [5.41, 5.74) is -0.0120. The maximum absolute atomic E-state index is 13.7. The molecule has 0 aliphatic heterocycles. The fraction of sp³-hybridized carbons (Fsp3) is 0.0833. The summed E-state index contributed by atoms with van der Waals surface area (Å²) in [7, 11) is 0. The number of aromatic nitrogens is 1. The lowest BCUT2D eigenvalue weighted by Gasteiger charge is -2.08. The number of benzene rings is 1. The van der Waals surface area contributed by atoms with Crippen molar-refractivity contribution in [3.63, 3.8) is 0 Å². The molecule has 1 aromatic heterocycles. The van der Waals surface area contributed by atoms with Crippen LogP contribution in [0.1, 0.15) is 5.56 Å². The Kier molecular flexibility index (Phi) is 4.10. The van der Waals surface area contributed by atoms with Gasteiger partial charge in [0.2, 0.25) is 0 Å². The Hall–Kier alpha value is -0.840. The Morgan fingerprint density at radius 2 is 2.00 bits per heavy atom. The average Bonchev–Trinajstić information content (AvgIpc) is 2.29. The lowest BCUT2D eigenvalue weighted by molar-refractivity contribution is 0.595. The van der Waals surface area contributed by atoms with E-state index < -0.39 is 11.4 Å². The molecule has 1 heterocycles. The van der Waals surface area contributed by atoms with E-state index in [4.69, 9.17) is 23.2 Å². The van der Waals surface area contributed by atoms with Gasteiger partial charge in [-0.15, -0.1) is 0 Å². The highest BCUT2D eigenvalue weighted by molar-refractivity contribution is 9.10. The smallest absolute Gasteiger partial charge is 0.269 e. The van der Waals surface area contributed by atoms with E-state index in [-0.39, 0.29) is 11.6 Å². The van der Waals surface area contributed by atoms with Crippen molar-refractivity contribution in [2.24, 2.45) is 0 Å². The predicted octanol–water partition coefficient (Wildman–Crippen LogP) is 4.11. The zero-order valence-electron chi connectivity index (χ0n) is 8.96. The van der Waals surface area contributed by atoms with Crippen LogP contribution < -0.4 is 5.56 Å². The van der Waals surface area contributed by atoms with Crippen molar-refractivity contribution >= 4 is 39.1 Å². The van der Waals surface area contributed by atoms with Gasteiger partial charge in [0.25, 0.3) is 5.56 Å². The van der Waals surface area contributed by atoms with Gasteiger partial charge in [0.1, 0.15) is 10.8 Å². The average molecular weight is 351 g/mol. The lowest BCUT2D eigenvalue weighted by atomic mass is 10.2. The summed E-state index contributed by atoms with van der Waals surface area (Å²) in [6, 6.07) is 6.00. The number of halogens is 4. The predicted molar refractivity (Wildman–Crippen MR) is 73.9 cm³/mol. The molecule has 1 aromatic carbocycles. The van der Waals surface area contributed by atoms with Crippen LogP contribution in [-0.4, -0.2) is 4.57 Å². The molecule has 2 aromatic rings. The minimum absolute atomic E-state index is 0.0139. The molecule has 0 saturated heterocycles. The first-order chi connectivity index (χ1) is 8.47. The van der Waals surface area contributed by atoms with Crippen molar-refractivity contribution in [1.82, 2.24) is 4.57 Å². The molecule has 18 heavy (non-hydrogen) atoms. The maximum atomic E-state index is 13.7. The Morgan fingerprint density at radius 1 is 1.28 bits per heavy atom. The van der Waals surface area contributed by atoms with Gasteiger partial charge in [0, 0.05) is 16.2 Å². The molecule has 0 unspecified atom stereocenters. The van der Waals surface area contributed by atoms with E-state index in [9.17, 15) is 9.18 Å². The van der Waals surface area contributed by atoms with Gasteiger partial charge in [-0.25, -0.2) is 4.39 Å². The van der Waals surface area contributed by atoms with Crippen molar-refractivity contribution in [2.75, 3.05) is 0 Å². The maximum Gasteiger partial charge on any atom is 0.269 e. The highest BCUT2D eigenvalue weighted by atomic mass is 79.9. The highest BCUT2D eigenvalue weighted by Gasteiger charge is 2.08. The van der Waals surface area contributed by atoms with Crippen LogP contribution in [0.2, 0.25) is 10.0 Å². The summed E-state index contributed by atoms with van der Waals surface area (Å²) >= 11 is 14.7. The minimum Gasteiger partial charge on any atom is -0.308 e. The van der Waals surface area contributed by atoms with Gasteiger partial charge in [0.05, 0.1) is 11.6 Å². The normalized spacial score (nSPS) is 10.7. The van der Waals surface area contributed by atoms with Crippen LogP contribution in [0.25, 0.3) is 0 Å². The van der Waals surface area contributed by atoms with Crippen molar-refractivity contribution in [3.8, 4) is 0 Å². The SMILES string of the molecule is O=c1c(Cl)cc(Cl)cn1Cc1ccc(Br)cc1F. The van der Waals surface area contributed by atoms with Gasteiger partial charge in [-0.05, 0) is 18.2 Å². The van der Waals surface area contributed by atoms with Gasteiger partial charge in [-0.3, -0.25) is 4.79 Å². The second-order valence-corrected chi connectivity index (χ2v) is 5.43. The first-order valence-corrected chi connectivity index (χ1v) is 6.51. The Morgan fingerprint density at radius 3 is 2.67 bits per heavy atom. The van der Waals surface area contributed by atoms with Crippen molar-refractivity contribution < 1.29 is 4.39 Å². The summed E-state index contributed by atoms with van der Waals surface area (Å²) in [5, 5.41) is 0.345. The summed E-state index contributed by atoms with van der Waals surface area (Å²) < 4.78 is 15.6. The van der Waals surface area contributed by atoms with Crippen LogP contribution in [0.4, 0.5) is 4.39 Å². The van der Waals surface area contributed by atoms with Crippen molar-refractivity contribution in [2.45, 2.75) is 6.54 Å². The van der Waals surface area contributed by atoms with Crippen LogP contribution in [0, 0.1) is 5.82 Å². The number of hydrogen-bond donors (Lipinski definition) is 0. The van der Waals surface area contributed by atoms with Gasteiger partial charge in [0.15, 0.2) is 0 Å². The van der Waals surface area contributed by atoms with E-state index in [1.54, 1.807) is 12.1 Å². The van der Waals surface area contributed by atoms with Gasteiger partial charge >= 0.3 is 0 Å². The second-order valence-electron chi connectivity index (χ2n) is 3.68. The third-order valence-corrected chi connectivity index (χ3v) is 3.34. The molecule has 0 bridgehead atoms. The molecule has 0 radical (unpaired) electrons. The van der Waals surface area contributed by atoms with Crippen LogP contribution in [0.15, 0.2) is 39.7 Å². The van der Waals surface area contributed by atoms with Gasteiger partial charge in [-0.2, -0.15) is 0 Å². The summed E-state index contributed by atoms with van der Waals surface area (Å²) in [6.07, 6.45) is 1.43. The molecule has 0 N–H and O–H groups in total. The van der Waals surface area contributed by atoms with Gasteiger partial charge in [-0.1, -0.05) is 45.2 Å². The molecule has 2 rings (SSSR count). The molecular weight excluding hydrogens is 344 g/mol. The topological polar surface area (TPSA) is 22.0 Å². The van der Waals surface area contributed by atoms with Crippen LogP contribution in [0.5, 0.6) is 0 Å². The van der Waals surface area contributed by atoms with Gasteiger partial charge < -0.3 is 4.57 Å². The molecular formula is C12H7BrCl2FNO. The lowest BCUT2D eigenvalue weighted by Crippen LogP contribution is -2.20. The molecule has 0 aliphatic rings. The molecule has 6 heteroatoms. The minimum atomic E-state index is -0.400. The number of nitrogens with zero attached hydrogens (tertiary/aromatic N) is 1. The van der Waals surface area contributed by atoms with E-state index in [2.05, 4.69) is 15.9 Å². The van der Waals surface area contributed by atoms with E-state index >= 15 is 0 Å². The Balaban J connectivity index is 2.43. The molecule has 2 nitrogen and oxygen atoms in total. The standard InChI is InChI=1S/C12H7BrCl2FNO/c13-8-2-1-7(11(16)3-8)5-17-6-9(14)4-10(15)12(17)18/h1-4,6H,5H2. The highest BCUT2D eigenvalue weighted by Crippen LogP contribution is 2.17. The first kappa shape index (κ1) is 13.6. The van der Waals surface area contributed by atoms with Crippen molar-refractivity contribution in [3.05, 3.63) is 66.7 Å². The molecule has 0 fully saturated rings. The fourth-order valence-corrected chi connectivity index (χ4v) is 2.36. The number of hydrogen-bond acceptors (Lipinski definition) is 1. The van der Waals surface area contributed by atoms with E-state index in [1.165, 1.54) is 22.9 Å². The van der Waals surface area contributed by atoms with E-state index in [0.717, 1.165) is 0 Å². The monoisotopic (exact) mass is 349 g/mol. The number of pyridine rings is 1. The molecule has 0 atom stereocenters. The van der Waals surface area contributed by atoms with Crippen LogP contribution >= 0.6 is 39.1 Å². The van der Waals surface area contributed by atoms with E-state index in [1.807, 2.05) is 0 Å². The second kappa shape index (κ2) is 5.43. The van der Waals surface area contributed by atoms with E-state index in [0.29, 0.717) is 15.1 Å². The quantitative estimate of drug-likeness (QED) is 0.799. The molecule has 94 valence electrons. The third-order valence-electron chi connectivity index (χ3n) is 2.36. The third kappa shape index (κ3) is 2.94. The zero-order valence-corrected chi connectivity index (χ0v) is 12.1. The zero-order chi connectivity index (χ0) is 13.3. The van der Waals surface area contributed by atoms with Crippen LogP contribution in [-0.2, 0) is 6.54 Å². The molecule has 0 aliphatic carbocycles. The molecule has 0 amide bonds. The van der Waals surface area contributed by atoms with Crippen LogP contribution in [0.3, 0.4) is 0 Å².